The number of nitrogens with zero attached hydrogens (tertiary/aromatic N) is 6. The van der Waals surface area contributed by atoms with Gasteiger partial charge in [-0.15, -0.1) is 10.2 Å². The molecule has 0 aliphatic carbocycles. The smallest absolute Gasteiger partial charge is 0.290 e. The van der Waals surface area contributed by atoms with E-state index in [9.17, 15) is 14.0 Å². The summed E-state index contributed by atoms with van der Waals surface area (Å²) in [5.74, 6) is 0.299. The molecule has 0 N–H and O–H groups in total. The molecule has 2 aliphatic rings. The van der Waals surface area contributed by atoms with E-state index in [0.717, 1.165) is 37.4 Å². The molecule has 11 heteroatoms. The number of halogens is 1. The second-order valence-corrected chi connectivity index (χ2v) is 9.66. The fourth-order valence-electron chi connectivity index (χ4n) is 4.82. The van der Waals surface area contributed by atoms with Gasteiger partial charge >= 0.3 is 0 Å². The van der Waals surface area contributed by atoms with E-state index in [1.807, 2.05) is 17.0 Å². The van der Waals surface area contributed by atoms with Crippen LogP contribution in [0.4, 0.5) is 10.2 Å². The van der Waals surface area contributed by atoms with E-state index in [1.165, 1.54) is 18.4 Å². The van der Waals surface area contributed by atoms with Gasteiger partial charge in [-0.1, -0.05) is 0 Å². The molecule has 0 radical (unpaired) electrons. The molecule has 39 heavy (non-hydrogen) atoms. The fourth-order valence-corrected chi connectivity index (χ4v) is 4.82. The summed E-state index contributed by atoms with van der Waals surface area (Å²) < 4.78 is 24.0. The summed E-state index contributed by atoms with van der Waals surface area (Å²) in [4.78, 5) is 34.2. The Morgan fingerprint density at radius 1 is 0.923 bits per heavy atom. The predicted octanol–water partition coefficient (Wildman–Crippen LogP) is 2.39. The normalized spacial score (nSPS) is 16.6. The van der Waals surface area contributed by atoms with E-state index >= 15 is 0 Å². The van der Waals surface area contributed by atoms with Gasteiger partial charge in [0.15, 0.2) is 11.6 Å². The average Bonchev–Trinajstić information content (AvgIpc) is 3.40. The fraction of sp³-hybridized carbons (Fsp3) is 0.429. The Hall–Kier alpha value is -3.83. The van der Waals surface area contributed by atoms with E-state index in [-0.39, 0.29) is 29.9 Å². The molecule has 10 nitrogen and oxygen atoms in total. The summed E-state index contributed by atoms with van der Waals surface area (Å²) in [6, 6.07) is 13.2. The summed E-state index contributed by atoms with van der Waals surface area (Å²) in [7, 11) is 0. The Kier molecular flexibility index (Phi) is 8.79. The highest BCUT2D eigenvalue weighted by atomic mass is 19.1. The molecular weight excluding hydrogens is 503 g/mol. The third-order valence-corrected chi connectivity index (χ3v) is 7.10. The van der Waals surface area contributed by atoms with Crippen molar-refractivity contribution in [2.45, 2.75) is 6.42 Å². The summed E-state index contributed by atoms with van der Waals surface area (Å²) in [5.41, 5.74) is 1.47. The maximum absolute atomic E-state index is 13.3. The second kappa shape index (κ2) is 12.8. The van der Waals surface area contributed by atoms with Crippen LogP contribution in [-0.2, 0) is 9.53 Å². The summed E-state index contributed by atoms with van der Waals surface area (Å²) in [5, 5.41) is 8.70. The minimum Gasteiger partial charge on any atom is -0.459 e. The number of ether oxygens (including phenoxy) is 1. The molecule has 1 aromatic carbocycles. The van der Waals surface area contributed by atoms with Gasteiger partial charge in [0.25, 0.3) is 5.91 Å². The molecule has 2 fully saturated rings. The van der Waals surface area contributed by atoms with Gasteiger partial charge in [-0.05, 0) is 55.0 Å². The monoisotopic (exact) mass is 536 g/mol. The molecule has 2 aromatic heterocycles. The van der Waals surface area contributed by atoms with Gasteiger partial charge in [0.05, 0.1) is 25.2 Å². The van der Waals surface area contributed by atoms with Crippen LogP contribution in [-0.4, -0.2) is 109 Å². The largest absolute Gasteiger partial charge is 0.459 e. The standard InChI is InChI=1S/C28H33FN6O4/c29-23-6-4-22(5-7-23)24-8-9-26(31-30-24)33-10-2-11-34(15-14-33)27(36)21-35(28(37)25-3-1-18-39-25)13-12-32-16-19-38-20-17-32/h1,3-9,18H,2,10-17,19-21H2. The molecule has 0 saturated carbocycles. The number of rotatable bonds is 8. The van der Waals surface area contributed by atoms with Gasteiger partial charge < -0.3 is 23.9 Å². The van der Waals surface area contributed by atoms with Crippen molar-refractivity contribution in [3.05, 3.63) is 66.4 Å². The molecule has 0 atom stereocenters. The van der Waals surface area contributed by atoms with E-state index in [0.29, 0.717) is 51.6 Å². The highest BCUT2D eigenvalue weighted by Crippen LogP contribution is 2.20. The number of furan rings is 1. The number of benzene rings is 1. The molecule has 4 heterocycles. The third-order valence-electron chi connectivity index (χ3n) is 7.10. The molecule has 0 bridgehead atoms. The van der Waals surface area contributed by atoms with E-state index in [2.05, 4.69) is 20.0 Å². The van der Waals surface area contributed by atoms with Crippen molar-refractivity contribution in [2.24, 2.45) is 0 Å². The molecule has 206 valence electrons. The number of carbonyl (C=O) groups excluding carboxylic acids is 2. The van der Waals surface area contributed by atoms with Crippen LogP contribution in [0.5, 0.6) is 0 Å². The Bertz CT molecular complexity index is 1220. The van der Waals surface area contributed by atoms with Crippen LogP contribution in [0.2, 0.25) is 0 Å². The molecule has 0 spiro atoms. The minimum atomic E-state index is -0.294. The first kappa shape index (κ1) is 26.8. The number of aromatic nitrogens is 2. The van der Waals surface area contributed by atoms with Gasteiger partial charge in [0, 0.05) is 57.9 Å². The topological polar surface area (TPSA) is 95.2 Å². The zero-order valence-corrected chi connectivity index (χ0v) is 21.9. The maximum atomic E-state index is 13.3. The van der Waals surface area contributed by atoms with Crippen molar-refractivity contribution in [1.29, 1.82) is 0 Å². The number of amides is 2. The quantitative estimate of drug-likeness (QED) is 0.433. The molecule has 2 aliphatic heterocycles. The molecule has 3 aromatic rings. The highest BCUT2D eigenvalue weighted by molar-refractivity contribution is 5.94. The van der Waals surface area contributed by atoms with Crippen LogP contribution in [0.3, 0.4) is 0 Å². The highest BCUT2D eigenvalue weighted by Gasteiger charge is 2.26. The number of hydrogen-bond donors (Lipinski definition) is 0. The minimum absolute atomic E-state index is 0.00392. The maximum Gasteiger partial charge on any atom is 0.290 e. The van der Waals surface area contributed by atoms with Crippen LogP contribution in [0, 0.1) is 5.82 Å². The van der Waals surface area contributed by atoms with Crippen LogP contribution in [0.25, 0.3) is 11.3 Å². The predicted molar refractivity (Wildman–Crippen MR) is 143 cm³/mol. The van der Waals surface area contributed by atoms with Crippen molar-refractivity contribution < 1.29 is 23.1 Å². The van der Waals surface area contributed by atoms with Gasteiger partial charge in [-0.2, -0.15) is 0 Å². The third kappa shape index (κ3) is 6.98. The van der Waals surface area contributed by atoms with Gasteiger partial charge in [-0.3, -0.25) is 14.5 Å². The van der Waals surface area contributed by atoms with Crippen molar-refractivity contribution in [3.8, 4) is 11.3 Å². The summed E-state index contributed by atoms with van der Waals surface area (Å²) >= 11 is 0. The van der Waals surface area contributed by atoms with Crippen molar-refractivity contribution in [2.75, 3.05) is 77.0 Å². The van der Waals surface area contributed by atoms with Crippen LogP contribution in [0.15, 0.2) is 59.2 Å². The Balaban J connectivity index is 1.19. The first-order chi connectivity index (χ1) is 19.1. The molecule has 0 unspecified atom stereocenters. The van der Waals surface area contributed by atoms with Crippen LogP contribution < -0.4 is 4.90 Å². The lowest BCUT2D eigenvalue weighted by molar-refractivity contribution is -0.131. The molecule has 2 saturated heterocycles. The lowest BCUT2D eigenvalue weighted by Gasteiger charge is -2.30. The van der Waals surface area contributed by atoms with E-state index in [4.69, 9.17) is 9.15 Å². The summed E-state index contributed by atoms with van der Waals surface area (Å²) in [6.45, 7) is 6.54. The van der Waals surface area contributed by atoms with Crippen LogP contribution >= 0.6 is 0 Å². The SMILES string of the molecule is O=C(CN(CCN1CCOCC1)C(=O)c1ccco1)N1CCCN(c2ccc(-c3ccc(F)cc3)nn2)CC1. The van der Waals surface area contributed by atoms with Crippen molar-refractivity contribution >= 4 is 17.6 Å². The molecular formula is C28H33FN6O4. The average molecular weight is 537 g/mol. The summed E-state index contributed by atoms with van der Waals surface area (Å²) in [6.07, 6.45) is 2.24. The zero-order valence-electron chi connectivity index (χ0n) is 21.9. The lowest BCUT2D eigenvalue weighted by atomic mass is 10.1. The van der Waals surface area contributed by atoms with Gasteiger partial charge in [0.2, 0.25) is 5.91 Å². The van der Waals surface area contributed by atoms with Gasteiger partial charge in [-0.25, -0.2) is 4.39 Å². The van der Waals surface area contributed by atoms with Crippen LogP contribution in [0.1, 0.15) is 17.0 Å². The Labute approximate surface area is 226 Å². The number of hydrogen-bond acceptors (Lipinski definition) is 8. The zero-order chi connectivity index (χ0) is 27.0. The number of anilines is 1. The van der Waals surface area contributed by atoms with E-state index in [1.54, 1.807) is 29.2 Å². The molecule has 2 amide bonds. The number of carbonyl (C=O) groups is 2. The van der Waals surface area contributed by atoms with Crippen molar-refractivity contribution in [3.63, 3.8) is 0 Å². The van der Waals surface area contributed by atoms with Gasteiger partial charge in [0.1, 0.15) is 12.4 Å². The Morgan fingerprint density at radius 3 is 2.46 bits per heavy atom. The molecule has 5 rings (SSSR count). The Morgan fingerprint density at radius 2 is 1.74 bits per heavy atom. The second-order valence-electron chi connectivity index (χ2n) is 9.66. The lowest BCUT2D eigenvalue weighted by Crippen LogP contribution is -2.47. The van der Waals surface area contributed by atoms with E-state index < -0.39 is 0 Å². The first-order valence-electron chi connectivity index (χ1n) is 13.3. The number of morpholine rings is 1. The van der Waals surface area contributed by atoms with Crippen molar-refractivity contribution in [1.82, 2.24) is 24.9 Å². The first-order valence-corrected chi connectivity index (χ1v) is 13.3.